The van der Waals surface area contributed by atoms with Crippen LogP contribution in [0.3, 0.4) is 0 Å². The van der Waals surface area contributed by atoms with E-state index in [9.17, 15) is 4.79 Å². The van der Waals surface area contributed by atoms with E-state index < -0.39 is 5.41 Å². The second-order valence-corrected chi connectivity index (χ2v) is 6.94. The van der Waals surface area contributed by atoms with Crippen molar-refractivity contribution < 1.29 is 14.3 Å². The van der Waals surface area contributed by atoms with Crippen LogP contribution >= 0.6 is 0 Å². The van der Waals surface area contributed by atoms with Gasteiger partial charge in [0.1, 0.15) is 11.2 Å². The SMILES string of the molecule is COC(=O)C1(c2ccc(OC)c(C)c2)C(c2ccccc2)=Cc2ccccc21. The van der Waals surface area contributed by atoms with Crippen LogP contribution in [-0.2, 0) is 14.9 Å². The molecule has 3 aromatic rings. The van der Waals surface area contributed by atoms with Crippen molar-refractivity contribution >= 4 is 17.6 Å². The normalized spacial score (nSPS) is 17.6. The highest BCUT2D eigenvalue weighted by Crippen LogP contribution is 2.52. The Balaban J connectivity index is 2.07. The summed E-state index contributed by atoms with van der Waals surface area (Å²) in [4.78, 5) is 13.5. The van der Waals surface area contributed by atoms with E-state index in [1.54, 1.807) is 7.11 Å². The molecule has 1 aliphatic carbocycles. The fourth-order valence-electron chi connectivity index (χ4n) is 4.20. The van der Waals surface area contributed by atoms with Crippen molar-refractivity contribution in [3.05, 3.63) is 101 Å². The number of carbonyl (C=O) groups is 1. The molecule has 28 heavy (non-hydrogen) atoms. The number of ether oxygens (including phenoxy) is 2. The van der Waals surface area contributed by atoms with E-state index in [4.69, 9.17) is 9.47 Å². The number of hydrogen-bond acceptors (Lipinski definition) is 3. The lowest BCUT2D eigenvalue weighted by molar-refractivity contribution is -0.143. The van der Waals surface area contributed by atoms with Crippen molar-refractivity contribution in [2.45, 2.75) is 12.3 Å². The second-order valence-electron chi connectivity index (χ2n) is 6.94. The summed E-state index contributed by atoms with van der Waals surface area (Å²) in [5.41, 5.74) is 4.70. The van der Waals surface area contributed by atoms with Crippen LogP contribution in [0.15, 0.2) is 72.8 Å². The van der Waals surface area contributed by atoms with E-state index in [0.717, 1.165) is 39.1 Å². The Morgan fingerprint density at radius 1 is 0.893 bits per heavy atom. The molecule has 0 fully saturated rings. The van der Waals surface area contributed by atoms with Gasteiger partial charge in [0.15, 0.2) is 0 Å². The van der Waals surface area contributed by atoms with Crippen LogP contribution in [0.2, 0.25) is 0 Å². The molecule has 0 N–H and O–H groups in total. The second kappa shape index (κ2) is 7.01. The molecule has 0 amide bonds. The summed E-state index contributed by atoms with van der Waals surface area (Å²) in [5.74, 6) is 0.498. The molecule has 1 atom stereocenters. The molecular weight excluding hydrogens is 348 g/mol. The minimum absolute atomic E-state index is 0.294. The average molecular weight is 370 g/mol. The molecule has 0 bridgehead atoms. The Kier molecular flexibility index (Phi) is 4.52. The number of benzene rings is 3. The molecule has 0 spiro atoms. The Labute approximate surface area is 165 Å². The van der Waals surface area contributed by atoms with Crippen molar-refractivity contribution in [2.75, 3.05) is 14.2 Å². The molecule has 0 heterocycles. The first kappa shape index (κ1) is 18.1. The van der Waals surface area contributed by atoms with Gasteiger partial charge in [0.2, 0.25) is 0 Å². The van der Waals surface area contributed by atoms with E-state index in [0.29, 0.717) is 0 Å². The van der Waals surface area contributed by atoms with Gasteiger partial charge in [-0.1, -0.05) is 66.7 Å². The summed E-state index contributed by atoms with van der Waals surface area (Å²) in [6.07, 6.45) is 2.10. The number of rotatable bonds is 4. The van der Waals surface area contributed by atoms with Crippen molar-refractivity contribution in [3.8, 4) is 5.75 Å². The van der Waals surface area contributed by atoms with Gasteiger partial charge in [-0.2, -0.15) is 0 Å². The summed E-state index contributed by atoms with van der Waals surface area (Å²) in [5, 5.41) is 0. The Morgan fingerprint density at radius 3 is 2.29 bits per heavy atom. The molecule has 0 radical (unpaired) electrons. The molecule has 3 aromatic carbocycles. The van der Waals surface area contributed by atoms with E-state index >= 15 is 0 Å². The highest BCUT2D eigenvalue weighted by atomic mass is 16.5. The smallest absolute Gasteiger partial charge is 0.325 e. The van der Waals surface area contributed by atoms with Crippen molar-refractivity contribution in [2.24, 2.45) is 0 Å². The topological polar surface area (TPSA) is 35.5 Å². The lowest BCUT2D eigenvalue weighted by Gasteiger charge is -2.32. The lowest BCUT2D eigenvalue weighted by atomic mass is 9.69. The van der Waals surface area contributed by atoms with E-state index in [-0.39, 0.29) is 5.97 Å². The molecule has 3 heteroatoms. The molecule has 0 saturated heterocycles. The number of methoxy groups -OCH3 is 2. The van der Waals surface area contributed by atoms with Crippen LogP contribution in [0.4, 0.5) is 0 Å². The third kappa shape index (κ3) is 2.55. The maximum Gasteiger partial charge on any atom is 0.325 e. The maximum absolute atomic E-state index is 13.5. The third-order valence-corrected chi connectivity index (χ3v) is 5.47. The Hall–Kier alpha value is -3.33. The zero-order chi connectivity index (χ0) is 19.7. The van der Waals surface area contributed by atoms with E-state index in [1.807, 2.05) is 79.7 Å². The van der Waals surface area contributed by atoms with Crippen LogP contribution in [0.1, 0.15) is 27.8 Å². The Morgan fingerprint density at radius 2 is 1.61 bits per heavy atom. The molecule has 0 aromatic heterocycles. The van der Waals surface area contributed by atoms with Crippen LogP contribution in [0, 0.1) is 6.92 Å². The first-order valence-electron chi connectivity index (χ1n) is 9.23. The first-order chi connectivity index (χ1) is 13.6. The minimum Gasteiger partial charge on any atom is -0.496 e. The number of carbonyl (C=O) groups excluding carboxylic acids is 1. The molecule has 140 valence electrons. The molecule has 4 rings (SSSR count). The van der Waals surface area contributed by atoms with Crippen molar-refractivity contribution in [1.29, 1.82) is 0 Å². The maximum atomic E-state index is 13.5. The third-order valence-electron chi connectivity index (χ3n) is 5.47. The predicted molar refractivity (Wildman–Crippen MR) is 111 cm³/mol. The summed E-state index contributed by atoms with van der Waals surface area (Å²) in [6, 6.07) is 23.9. The average Bonchev–Trinajstić information content (AvgIpc) is 3.10. The fraction of sp³-hybridized carbons (Fsp3) is 0.160. The minimum atomic E-state index is -1.02. The molecular formula is C25H22O3. The lowest BCUT2D eigenvalue weighted by Crippen LogP contribution is -2.38. The van der Waals surface area contributed by atoms with E-state index in [1.165, 1.54) is 7.11 Å². The number of aryl methyl sites for hydroxylation is 1. The number of esters is 1. The van der Waals surface area contributed by atoms with Crippen LogP contribution in [0.5, 0.6) is 5.75 Å². The van der Waals surface area contributed by atoms with Gasteiger partial charge in [-0.05, 0) is 52.5 Å². The zero-order valence-electron chi connectivity index (χ0n) is 16.2. The van der Waals surface area contributed by atoms with Gasteiger partial charge in [-0.25, -0.2) is 0 Å². The van der Waals surface area contributed by atoms with Gasteiger partial charge >= 0.3 is 5.97 Å². The fourth-order valence-corrected chi connectivity index (χ4v) is 4.20. The van der Waals surface area contributed by atoms with Gasteiger partial charge in [-0.3, -0.25) is 4.79 Å². The van der Waals surface area contributed by atoms with E-state index in [2.05, 4.69) is 6.08 Å². The van der Waals surface area contributed by atoms with Crippen molar-refractivity contribution in [1.82, 2.24) is 0 Å². The molecule has 3 nitrogen and oxygen atoms in total. The Bertz CT molecular complexity index is 1070. The molecule has 1 unspecified atom stereocenters. The summed E-state index contributed by atoms with van der Waals surface area (Å²) in [6.45, 7) is 1.99. The van der Waals surface area contributed by atoms with Gasteiger partial charge in [0.05, 0.1) is 14.2 Å². The standard InChI is InChI=1S/C25H22O3/c1-17-15-20(13-14-23(17)27-2)25(24(26)28-3)21-12-8-7-11-19(21)16-22(25)18-9-5-4-6-10-18/h4-16H,1-3H3. The largest absolute Gasteiger partial charge is 0.496 e. The molecule has 1 aliphatic rings. The molecule has 0 saturated carbocycles. The number of fused-ring (bicyclic) bond motifs is 1. The van der Waals surface area contributed by atoms with Gasteiger partial charge in [0.25, 0.3) is 0 Å². The first-order valence-corrected chi connectivity index (χ1v) is 9.23. The van der Waals surface area contributed by atoms with Crippen molar-refractivity contribution in [3.63, 3.8) is 0 Å². The zero-order valence-corrected chi connectivity index (χ0v) is 16.2. The van der Waals surface area contributed by atoms with Crippen LogP contribution in [-0.4, -0.2) is 20.2 Å². The molecule has 0 aliphatic heterocycles. The van der Waals surface area contributed by atoms with Crippen LogP contribution < -0.4 is 4.74 Å². The van der Waals surface area contributed by atoms with Gasteiger partial charge < -0.3 is 9.47 Å². The highest BCUT2D eigenvalue weighted by molar-refractivity contribution is 6.11. The summed E-state index contributed by atoms with van der Waals surface area (Å²) in [7, 11) is 3.10. The monoisotopic (exact) mass is 370 g/mol. The number of hydrogen-bond donors (Lipinski definition) is 0. The summed E-state index contributed by atoms with van der Waals surface area (Å²) < 4.78 is 10.8. The highest BCUT2D eigenvalue weighted by Gasteiger charge is 2.51. The van der Waals surface area contributed by atoms with Gasteiger partial charge in [0, 0.05) is 0 Å². The summed E-state index contributed by atoms with van der Waals surface area (Å²) >= 11 is 0. The van der Waals surface area contributed by atoms with Gasteiger partial charge in [-0.15, -0.1) is 0 Å². The predicted octanol–water partition coefficient (Wildman–Crippen LogP) is 5.02. The quantitative estimate of drug-likeness (QED) is 0.605. The van der Waals surface area contributed by atoms with Crippen LogP contribution in [0.25, 0.3) is 11.6 Å².